The van der Waals surface area contributed by atoms with Gasteiger partial charge in [0.25, 0.3) is 0 Å². The molecule has 4 heterocycles. The molecule has 2 atom stereocenters. The minimum absolute atomic E-state index is 0.0817. The van der Waals surface area contributed by atoms with Crippen LogP contribution in [0.5, 0.6) is 5.75 Å². The van der Waals surface area contributed by atoms with Crippen LogP contribution in [0.1, 0.15) is 17.2 Å². The lowest BCUT2D eigenvalue weighted by molar-refractivity contribution is -0.139. The van der Waals surface area contributed by atoms with Crippen molar-refractivity contribution in [2.75, 3.05) is 39.9 Å². The summed E-state index contributed by atoms with van der Waals surface area (Å²) in [4.78, 5) is 25.1. The first-order valence-corrected chi connectivity index (χ1v) is 11.0. The highest BCUT2D eigenvalue weighted by Crippen LogP contribution is 2.34. The Morgan fingerprint density at radius 2 is 2.18 bits per heavy atom. The van der Waals surface area contributed by atoms with Gasteiger partial charge < -0.3 is 14.4 Å². The minimum atomic E-state index is -0.0861. The van der Waals surface area contributed by atoms with E-state index in [0.29, 0.717) is 43.4 Å². The van der Waals surface area contributed by atoms with E-state index in [0.717, 1.165) is 24.2 Å². The highest BCUT2D eigenvalue weighted by atomic mass is 16.5. The summed E-state index contributed by atoms with van der Waals surface area (Å²) < 4.78 is 13.0. The lowest BCUT2D eigenvalue weighted by Gasteiger charge is -2.46. The highest BCUT2D eigenvalue weighted by molar-refractivity contribution is 5.79. The molecule has 2 aliphatic heterocycles. The number of rotatable bonds is 5. The fourth-order valence-corrected chi connectivity index (χ4v) is 4.41. The largest absolute Gasteiger partial charge is 0.508 e. The Bertz CT molecular complexity index is 1190. The van der Waals surface area contributed by atoms with Crippen molar-refractivity contribution in [1.29, 1.82) is 0 Å². The Hall–Kier alpha value is -3.88. The number of carbonyl (C=O) groups excluding carboxylic acids is 1. The predicted octanol–water partition coefficient (Wildman–Crippen LogP) is 1.44. The molecule has 0 unspecified atom stereocenters. The summed E-state index contributed by atoms with van der Waals surface area (Å²) in [5.41, 5.74) is 2.34. The molecule has 2 aliphatic rings. The number of carbonyl (C=O) groups is 1. The van der Waals surface area contributed by atoms with E-state index >= 15 is 0 Å². The van der Waals surface area contributed by atoms with Crippen molar-refractivity contribution in [3.05, 3.63) is 65.4 Å². The lowest BCUT2D eigenvalue weighted by atomic mass is 10.0. The van der Waals surface area contributed by atoms with Gasteiger partial charge in [-0.05, 0) is 33.7 Å². The van der Waals surface area contributed by atoms with Gasteiger partial charge >= 0.3 is 0 Å². The molecule has 1 aromatic carbocycles. The van der Waals surface area contributed by atoms with E-state index in [-0.39, 0.29) is 18.1 Å². The first-order valence-electron chi connectivity index (χ1n) is 11.0. The molecule has 11 nitrogen and oxygen atoms in total. The highest BCUT2D eigenvalue weighted by Gasteiger charge is 2.35. The molecule has 1 amide bonds. The first-order chi connectivity index (χ1) is 16.6. The van der Waals surface area contributed by atoms with Crippen LogP contribution in [0, 0.1) is 6.57 Å². The standard InChI is InChI=1S/C23H24N8O3/c1-24-19-5-4-17(10-20(19)33-2)21-13-29-7-8-30(12-18(29)14-34-21)23(32)9-16-3-6-22(25-11-16)31-15-26-27-28-31/h3-6,10-11,15,18,21H,7-9,12-14H2,2H3/t18-,21-/m0/s1. The van der Waals surface area contributed by atoms with Gasteiger partial charge in [0.15, 0.2) is 5.82 Å². The number of pyridine rings is 1. The average Bonchev–Trinajstić information content (AvgIpc) is 3.43. The van der Waals surface area contributed by atoms with Gasteiger partial charge in [-0.3, -0.25) is 9.69 Å². The second-order valence-corrected chi connectivity index (χ2v) is 8.31. The Morgan fingerprint density at radius 1 is 1.26 bits per heavy atom. The fraction of sp³-hybridized carbons (Fsp3) is 0.391. The number of nitrogens with zero attached hydrogens (tertiary/aromatic N) is 8. The second kappa shape index (κ2) is 9.54. The second-order valence-electron chi connectivity index (χ2n) is 8.31. The molecule has 0 spiro atoms. The number of tetrazole rings is 1. The van der Waals surface area contributed by atoms with Gasteiger partial charge in [-0.2, -0.15) is 4.68 Å². The van der Waals surface area contributed by atoms with Crippen molar-refractivity contribution < 1.29 is 14.3 Å². The Balaban J connectivity index is 1.17. The third-order valence-electron chi connectivity index (χ3n) is 6.29. The van der Waals surface area contributed by atoms with Crippen molar-refractivity contribution in [2.24, 2.45) is 0 Å². The fourth-order valence-electron chi connectivity index (χ4n) is 4.41. The lowest BCUT2D eigenvalue weighted by Crippen LogP contribution is -2.59. The van der Waals surface area contributed by atoms with Crippen LogP contribution in [0.15, 0.2) is 42.9 Å². The van der Waals surface area contributed by atoms with Gasteiger partial charge in [0.05, 0.1) is 38.9 Å². The van der Waals surface area contributed by atoms with Crippen LogP contribution in [-0.2, 0) is 16.0 Å². The summed E-state index contributed by atoms with van der Waals surface area (Å²) >= 11 is 0. The van der Waals surface area contributed by atoms with E-state index in [1.807, 2.05) is 23.1 Å². The maximum absolute atomic E-state index is 12.9. The number of fused-ring (bicyclic) bond motifs is 1. The van der Waals surface area contributed by atoms with E-state index < -0.39 is 0 Å². The van der Waals surface area contributed by atoms with Gasteiger partial charge in [-0.1, -0.05) is 18.2 Å². The summed E-state index contributed by atoms with van der Waals surface area (Å²) in [5, 5.41) is 11.0. The number of morpholine rings is 1. The van der Waals surface area contributed by atoms with Gasteiger partial charge in [0.1, 0.15) is 12.1 Å². The first kappa shape index (κ1) is 21.9. The smallest absolute Gasteiger partial charge is 0.228 e. The van der Waals surface area contributed by atoms with Gasteiger partial charge in [0.2, 0.25) is 11.6 Å². The zero-order valence-corrected chi connectivity index (χ0v) is 18.7. The Kier molecular flexibility index (Phi) is 6.16. The van der Waals surface area contributed by atoms with E-state index in [4.69, 9.17) is 16.0 Å². The summed E-state index contributed by atoms with van der Waals surface area (Å²) in [6.45, 7) is 10.7. The molecule has 34 heavy (non-hydrogen) atoms. The van der Waals surface area contributed by atoms with Gasteiger partial charge in [-0.25, -0.2) is 9.83 Å². The maximum atomic E-state index is 12.9. The van der Waals surface area contributed by atoms with Crippen LogP contribution in [-0.4, -0.2) is 86.8 Å². The summed E-state index contributed by atoms with van der Waals surface area (Å²) in [6, 6.07) is 9.43. The molecule has 11 heteroatoms. The zero-order valence-electron chi connectivity index (χ0n) is 18.7. The summed E-state index contributed by atoms with van der Waals surface area (Å²) in [6.07, 6.45) is 3.37. The number of piperazine rings is 1. The normalized spacial score (nSPS) is 20.4. The number of hydrogen-bond acceptors (Lipinski definition) is 8. The number of ether oxygens (including phenoxy) is 2. The number of amides is 1. The van der Waals surface area contributed by atoms with Gasteiger partial charge in [0, 0.05) is 32.4 Å². The van der Waals surface area contributed by atoms with Crippen LogP contribution in [0.3, 0.4) is 0 Å². The van der Waals surface area contributed by atoms with Crippen molar-refractivity contribution in [3.63, 3.8) is 0 Å². The molecule has 0 bridgehead atoms. The topological polar surface area (TPSA) is 103 Å². The molecule has 0 saturated carbocycles. The number of methoxy groups -OCH3 is 1. The Labute approximate surface area is 196 Å². The minimum Gasteiger partial charge on any atom is -0.508 e. The molecule has 2 aromatic heterocycles. The van der Waals surface area contributed by atoms with E-state index in [1.54, 1.807) is 25.4 Å². The molecule has 5 rings (SSSR count). The zero-order chi connectivity index (χ0) is 23.5. The van der Waals surface area contributed by atoms with E-state index in [1.165, 1.54) is 11.0 Å². The number of aromatic nitrogens is 5. The molecule has 0 radical (unpaired) electrons. The molecule has 0 N–H and O–H groups in total. The molecule has 2 fully saturated rings. The molecule has 0 aliphatic carbocycles. The van der Waals surface area contributed by atoms with Crippen LogP contribution < -0.4 is 4.74 Å². The van der Waals surface area contributed by atoms with Crippen LogP contribution >= 0.6 is 0 Å². The average molecular weight is 460 g/mol. The summed E-state index contributed by atoms with van der Waals surface area (Å²) in [5.74, 6) is 1.25. The monoisotopic (exact) mass is 460 g/mol. The van der Waals surface area contributed by atoms with E-state index in [9.17, 15) is 4.79 Å². The third-order valence-corrected chi connectivity index (χ3v) is 6.29. The molecule has 2 saturated heterocycles. The van der Waals surface area contributed by atoms with E-state index in [2.05, 4.69) is 30.3 Å². The van der Waals surface area contributed by atoms with Crippen LogP contribution in [0.2, 0.25) is 0 Å². The van der Waals surface area contributed by atoms with Crippen molar-refractivity contribution in [1.82, 2.24) is 35.0 Å². The van der Waals surface area contributed by atoms with Crippen molar-refractivity contribution in [2.45, 2.75) is 18.6 Å². The SMILES string of the molecule is [C-]#[N+]c1ccc([C@@H]2CN3CCN(C(=O)Cc4ccc(-n5cnnn5)nc4)C[C@H]3CO2)cc1OC. The van der Waals surface area contributed by atoms with Crippen molar-refractivity contribution >= 4 is 11.6 Å². The molecular formula is C23H24N8O3. The molecular weight excluding hydrogens is 436 g/mol. The van der Waals surface area contributed by atoms with Crippen molar-refractivity contribution in [3.8, 4) is 11.6 Å². The maximum Gasteiger partial charge on any atom is 0.228 e. The summed E-state index contributed by atoms with van der Waals surface area (Å²) in [7, 11) is 1.57. The third kappa shape index (κ3) is 4.46. The van der Waals surface area contributed by atoms with Crippen LogP contribution in [0.25, 0.3) is 10.7 Å². The predicted molar refractivity (Wildman–Crippen MR) is 121 cm³/mol. The van der Waals surface area contributed by atoms with Crippen LogP contribution in [0.4, 0.5) is 5.69 Å². The van der Waals surface area contributed by atoms with Gasteiger partial charge in [-0.15, -0.1) is 5.10 Å². The quantitative estimate of drug-likeness (QED) is 0.527. The molecule has 3 aromatic rings. The Morgan fingerprint density at radius 3 is 2.91 bits per heavy atom. The number of hydrogen-bond donors (Lipinski definition) is 0. The number of benzene rings is 1. The molecule has 174 valence electrons.